The van der Waals surface area contributed by atoms with E-state index in [2.05, 4.69) is 25.9 Å². The van der Waals surface area contributed by atoms with Gasteiger partial charge in [0.05, 0.1) is 10.7 Å². The summed E-state index contributed by atoms with van der Waals surface area (Å²) < 4.78 is 13.4. The van der Waals surface area contributed by atoms with E-state index in [9.17, 15) is 4.39 Å². The topological polar surface area (TPSA) is 61.9 Å². The maximum absolute atomic E-state index is 13.4. The molecule has 0 saturated carbocycles. The van der Waals surface area contributed by atoms with Gasteiger partial charge in [0.15, 0.2) is 0 Å². The lowest BCUT2D eigenvalue weighted by molar-refractivity contribution is 0.364. The van der Waals surface area contributed by atoms with Crippen LogP contribution >= 0.6 is 11.6 Å². The maximum Gasteiger partial charge on any atom is 0.126 e. The van der Waals surface area contributed by atoms with E-state index in [0.717, 1.165) is 54.6 Å². The van der Waals surface area contributed by atoms with Gasteiger partial charge in [-0.05, 0) is 74.2 Å². The molecule has 4 rings (SSSR count). The number of hydrogen-bond acceptors (Lipinski definition) is 5. The van der Waals surface area contributed by atoms with Gasteiger partial charge in [-0.15, -0.1) is 0 Å². The largest absolute Gasteiger partial charge is 0.370 e. The average molecular weight is 440 g/mol. The Morgan fingerprint density at radius 1 is 1.10 bits per heavy atom. The zero-order valence-electron chi connectivity index (χ0n) is 17.4. The quantitative estimate of drug-likeness (QED) is 0.441. The summed E-state index contributed by atoms with van der Waals surface area (Å²) in [5.41, 5.74) is 2.44. The Bertz CT molecular complexity index is 1010. The van der Waals surface area contributed by atoms with Gasteiger partial charge in [0.1, 0.15) is 17.5 Å². The minimum atomic E-state index is -0.246. The van der Waals surface area contributed by atoms with E-state index in [-0.39, 0.29) is 5.82 Å². The first-order chi connectivity index (χ1) is 15.2. The summed E-state index contributed by atoms with van der Waals surface area (Å²) >= 11 is 6.43. The second-order valence-electron chi connectivity index (χ2n) is 7.87. The van der Waals surface area contributed by atoms with Crippen LogP contribution < -0.4 is 16.0 Å². The van der Waals surface area contributed by atoms with Gasteiger partial charge in [0.25, 0.3) is 0 Å². The smallest absolute Gasteiger partial charge is 0.126 e. The van der Waals surface area contributed by atoms with Crippen LogP contribution in [-0.4, -0.2) is 29.6 Å². The summed E-state index contributed by atoms with van der Waals surface area (Å²) in [6, 6.07) is 14.2. The van der Waals surface area contributed by atoms with Crippen molar-refractivity contribution in [3.63, 3.8) is 0 Å². The van der Waals surface area contributed by atoms with Crippen molar-refractivity contribution in [3.05, 3.63) is 71.1 Å². The molecule has 1 aliphatic rings. The van der Waals surface area contributed by atoms with Crippen LogP contribution in [0.4, 0.5) is 16.0 Å². The molecule has 3 heterocycles. The number of pyridine rings is 2. The van der Waals surface area contributed by atoms with Crippen LogP contribution in [0.5, 0.6) is 0 Å². The monoisotopic (exact) mass is 439 g/mol. The lowest BCUT2D eigenvalue weighted by Gasteiger charge is -2.22. The Hall–Kier alpha value is -2.70. The van der Waals surface area contributed by atoms with Crippen molar-refractivity contribution in [1.29, 1.82) is 0 Å². The molecular weight excluding hydrogens is 413 g/mol. The van der Waals surface area contributed by atoms with Crippen LogP contribution in [0.15, 0.2) is 54.7 Å². The number of piperidine rings is 1. The molecule has 2 aromatic heterocycles. The number of anilines is 2. The third-order valence-corrected chi connectivity index (χ3v) is 5.80. The molecule has 0 spiro atoms. The van der Waals surface area contributed by atoms with E-state index < -0.39 is 0 Å². The molecule has 7 heteroatoms. The molecule has 1 atom stereocenters. The summed E-state index contributed by atoms with van der Waals surface area (Å²) in [5, 5.41) is 10.7. The number of aromatic nitrogens is 2. The van der Waals surface area contributed by atoms with Crippen LogP contribution in [0.3, 0.4) is 0 Å². The van der Waals surface area contributed by atoms with E-state index >= 15 is 0 Å². The van der Waals surface area contributed by atoms with Crippen LogP contribution in [0, 0.1) is 11.7 Å². The number of hydrogen-bond donors (Lipinski definition) is 3. The first kappa shape index (κ1) is 21.5. The van der Waals surface area contributed by atoms with Gasteiger partial charge >= 0.3 is 0 Å². The Morgan fingerprint density at radius 2 is 2.00 bits per heavy atom. The lowest BCUT2D eigenvalue weighted by Crippen LogP contribution is -2.30. The molecule has 0 radical (unpaired) electrons. The fourth-order valence-electron chi connectivity index (χ4n) is 3.83. The van der Waals surface area contributed by atoms with E-state index in [1.807, 2.05) is 30.3 Å². The van der Waals surface area contributed by atoms with Gasteiger partial charge in [-0.25, -0.2) is 14.4 Å². The average Bonchev–Trinajstić information content (AvgIpc) is 2.80. The fraction of sp³-hybridized carbons (Fsp3) is 0.333. The summed E-state index contributed by atoms with van der Waals surface area (Å²) in [6.45, 7) is 3.60. The SMILES string of the molecule is Fc1cccc(CNc2cccc(-c3cc(NCC[C@H]4CCCNC4)ncc3Cl)n2)c1. The van der Waals surface area contributed by atoms with Crippen LogP contribution in [-0.2, 0) is 6.54 Å². The first-order valence-corrected chi connectivity index (χ1v) is 11.1. The summed E-state index contributed by atoms with van der Waals surface area (Å²) in [5.74, 6) is 1.97. The highest BCUT2D eigenvalue weighted by Crippen LogP contribution is 2.29. The molecule has 3 N–H and O–H groups in total. The second kappa shape index (κ2) is 10.6. The lowest BCUT2D eigenvalue weighted by atomic mass is 9.96. The van der Waals surface area contributed by atoms with Crippen molar-refractivity contribution >= 4 is 23.2 Å². The molecular formula is C24H27ClFN5. The standard InChI is InChI=1S/C24H27ClFN5/c25-21-16-30-24(28-11-9-17-5-3-10-27-14-17)13-20(21)22-7-2-8-23(31-22)29-15-18-4-1-6-19(26)12-18/h1-2,4,6-8,12-13,16-17,27H,3,5,9-11,14-15H2,(H,28,30)(H,29,31)/t17-/m1/s1. The first-order valence-electron chi connectivity index (χ1n) is 10.7. The fourth-order valence-corrected chi connectivity index (χ4v) is 4.03. The minimum absolute atomic E-state index is 0.246. The van der Waals surface area contributed by atoms with Crippen LogP contribution in [0.1, 0.15) is 24.8 Å². The second-order valence-corrected chi connectivity index (χ2v) is 8.28. The van der Waals surface area contributed by atoms with E-state index in [1.165, 1.54) is 25.0 Å². The molecule has 0 amide bonds. The molecule has 162 valence electrons. The highest BCUT2D eigenvalue weighted by atomic mass is 35.5. The van der Waals surface area contributed by atoms with Crippen LogP contribution in [0.25, 0.3) is 11.3 Å². The van der Waals surface area contributed by atoms with Crippen molar-refractivity contribution in [1.82, 2.24) is 15.3 Å². The van der Waals surface area contributed by atoms with Crippen molar-refractivity contribution in [3.8, 4) is 11.3 Å². The van der Waals surface area contributed by atoms with Gasteiger partial charge in [0, 0.05) is 24.8 Å². The summed E-state index contributed by atoms with van der Waals surface area (Å²) in [6.07, 6.45) is 5.32. The van der Waals surface area contributed by atoms with Crippen LogP contribution in [0.2, 0.25) is 5.02 Å². The zero-order valence-corrected chi connectivity index (χ0v) is 18.1. The van der Waals surface area contributed by atoms with Gasteiger partial charge in [-0.2, -0.15) is 0 Å². The van der Waals surface area contributed by atoms with E-state index in [1.54, 1.807) is 12.3 Å². The molecule has 0 aliphatic carbocycles. The molecule has 31 heavy (non-hydrogen) atoms. The van der Waals surface area contributed by atoms with Gasteiger partial charge in [0.2, 0.25) is 0 Å². The molecule has 0 unspecified atom stereocenters. The normalized spacial score (nSPS) is 16.1. The Morgan fingerprint density at radius 3 is 2.84 bits per heavy atom. The predicted molar refractivity (Wildman–Crippen MR) is 125 cm³/mol. The molecule has 1 aromatic carbocycles. The molecule has 5 nitrogen and oxygen atoms in total. The van der Waals surface area contributed by atoms with Crippen molar-refractivity contribution in [2.45, 2.75) is 25.8 Å². The highest BCUT2D eigenvalue weighted by Gasteiger charge is 2.13. The minimum Gasteiger partial charge on any atom is -0.370 e. The molecule has 0 bridgehead atoms. The number of rotatable bonds is 8. The summed E-state index contributed by atoms with van der Waals surface area (Å²) in [4.78, 5) is 9.10. The molecule has 1 saturated heterocycles. The van der Waals surface area contributed by atoms with Gasteiger partial charge in [-0.3, -0.25) is 0 Å². The number of halogens is 2. The molecule has 1 aliphatic heterocycles. The Labute approximate surface area is 187 Å². The number of nitrogens with zero attached hydrogens (tertiary/aromatic N) is 2. The predicted octanol–water partition coefficient (Wildman–Crippen LogP) is 5.35. The Balaban J connectivity index is 1.41. The van der Waals surface area contributed by atoms with E-state index in [4.69, 9.17) is 11.6 Å². The van der Waals surface area contributed by atoms with Crippen molar-refractivity contribution in [2.24, 2.45) is 5.92 Å². The molecule has 3 aromatic rings. The zero-order chi connectivity index (χ0) is 21.5. The van der Waals surface area contributed by atoms with Crippen molar-refractivity contribution in [2.75, 3.05) is 30.3 Å². The Kier molecular flexibility index (Phi) is 7.33. The van der Waals surface area contributed by atoms with Gasteiger partial charge < -0.3 is 16.0 Å². The maximum atomic E-state index is 13.4. The number of nitrogens with one attached hydrogen (secondary N) is 3. The molecule has 1 fully saturated rings. The third kappa shape index (κ3) is 6.15. The van der Waals surface area contributed by atoms with Gasteiger partial charge in [-0.1, -0.05) is 29.8 Å². The highest BCUT2D eigenvalue weighted by molar-refractivity contribution is 6.33. The van der Waals surface area contributed by atoms with Crippen molar-refractivity contribution < 1.29 is 4.39 Å². The summed E-state index contributed by atoms with van der Waals surface area (Å²) in [7, 11) is 0. The van der Waals surface area contributed by atoms with E-state index in [0.29, 0.717) is 17.4 Å². The number of benzene rings is 1. The third-order valence-electron chi connectivity index (χ3n) is 5.50.